The molecule has 0 unspecified atom stereocenters. The van der Waals surface area contributed by atoms with Crippen molar-refractivity contribution in [1.82, 2.24) is 0 Å². The summed E-state index contributed by atoms with van der Waals surface area (Å²) in [6, 6.07) is 7.65. The molecule has 0 aliphatic rings. The van der Waals surface area contributed by atoms with Gasteiger partial charge in [0.2, 0.25) is 0 Å². The first kappa shape index (κ1) is 11.5. The molecule has 1 rings (SSSR count). The highest BCUT2D eigenvalue weighted by Crippen LogP contribution is 2.09. The fraction of sp³-hybridized carbons (Fsp3) is 0.455. The number of rotatable bonds is 6. The van der Waals surface area contributed by atoms with Gasteiger partial charge in [-0.05, 0) is 24.6 Å². The van der Waals surface area contributed by atoms with Gasteiger partial charge in [-0.1, -0.05) is 23.7 Å². The molecular weight excluding hydrogens is 200 g/mol. The highest BCUT2D eigenvalue weighted by molar-refractivity contribution is 6.30. The van der Waals surface area contributed by atoms with Crippen LogP contribution in [0.1, 0.15) is 12.5 Å². The summed E-state index contributed by atoms with van der Waals surface area (Å²) in [6.07, 6.45) is 0. The quantitative estimate of drug-likeness (QED) is 0.678. The Kier molecular flexibility index (Phi) is 5.60. The molecule has 1 aromatic rings. The lowest BCUT2D eigenvalue weighted by Gasteiger charge is -2.04. The molecule has 2 nitrogen and oxygen atoms in total. The average molecular weight is 215 g/mol. The van der Waals surface area contributed by atoms with E-state index in [1.54, 1.807) is 0 Å². The Morgan fingerprint density at radius 2 is 1.71 bits per heavy atom. The first-order valence-corrected chi connectivity index (χ1v) is 5.10. The maximum atomic E-state index is 5.75. The van der Waals surface area contributed by atoms with Gasteiger partial charge in [-0.25, -0.2) is 0 Å². The van der Waals surface area contributed by atoms with E-state index in [1.165, 1.54) is 0 Å². The first-order valence-electron chi connectivity index (χ1n) is 4.73. The number of hydrogen-bond acceptors (Lipinski definition) is 2. The van der Waals surface area contributed by atoms with Crippen molar-refractivity contribution in [2.75, 3.05) is 19.8 Å². The minimum Gasteiger partial charge on any atom is -0.379 e. The summed E-state index contributed by atoms with van der Waals surface area (Å²) in [5.74, 6) is 0. The van der Waals surface area contributed by atoms with Crippen LogP contribution in [0.4, 0.5) is 0 Å². The molecule has 0 bridgehead atoms. The van der Waals surface area contributed by atoms with E-state index in [2.05, 4.69) is 0 Å². The first-order chi connectivity index (χ1) is 6.83. The Hall–Kier alpha value is -0.570. The average Bonchev–Trinajstić information content (AvgIpc) is 2.21. The maximum absolute atomic E-state index is 5.75. The summed E-state index contributed by atoms with van der Waals surface area (Å²) < 4.78 is 10.5. The standard InChI is InChI=1S/C11H15ClO2/c1-2-13-7-8-14-9-10-3-5-11(12)6-4-10/h3-6H,2,7-9H2,1H3. The predicted molar refractivity (Wildman–Crippen MR) is 57.6 cm³/mol. The lowest BCUT2D eigenvalue weighted by atomic mass is 10.2. The fourth-order valence-corrected chi connectivity index (χ4v) is 1.16. The van der Waals surface area contributed by atoms with Crippen LogP contribution in [0.25, 0.3) is 0 Å². The lowest BCUT2D eigenvalue weighted by molar-refractivity contribution is 0.0453. The molecule has 0 N–H and O–H groups in total. The molecule has 0 aromatic heterocycles. The minimum absolute atomic E-state index is 0.615. The van der Waals surface area contributed by atoms with E-state index >= 15 is 0 Å². The second-order valence-electron chi connectivity index (χ2n) is 2.88. The number of benzene rings is 1. The zero-order chi connectivity index (χ0) is 10.2. The van der Waals surface area contributed by atoms with Crippen molar-refractivity contribution in [2.45, 2.75) is 13.5 Å². The van der Waals surface area contributed by atoms with Crippen LogP contribution < -0.4 is 0 Å². The van der Waals surface area contributed by atoms with E-state index in [-0.39, 0.29) is 0 Å². The van der Waals surface area contributed by atoms with Crippen LogP contribution >= 0.6 is 11.6 Å². The third-order valence-corrected chi connectivity index (χ3v) is 2.01. The van der Waals surface area contributed by atoms with Crippen molar-refractivity contribution in [1.29, 1.82) is 0 Å². The van der Waals surface area contributed by atoms with E-state index in [4.69, 9.17) is 21.1 Å². The van der Waals surface area contributed by atoms with Crippen LogP contribution in [0, 0.1) is 0 Å². The van der Waals surface area contributed by atoms with Gasteiger partial charge in [0.05, 0.1) is 19.8 Å². The zero-order valence-corrected chi connectivity index (χ0v) is 9.09. The van der Waals surface area contributed by atoms with E-state index in [0.29, 0.717) is 19.8 Å². The molecule has 14 heavy (non-hydrogen) atoms. The molecule has 0 fully saturated rings. The fourth-order valence-electron chi connectivity index (χ4n) is 1.03. The summed E-state index contributed by atoms with van der Waals surface area (Å²) >= 11 is 5.75. The molecule has 3 heteroatoms. The molecule has 0 spiro atoms. The van der Waals surface area contributed by atoms with Crippen molar-refractivity contribution >= 4 is 11.6 Å². The number of hydrogen-bond donors (Lipinski definition) is 0. The predicted octanol–water partition coefficient (Wildman–Crippen LogP) is 2.89. The van der Waals surface area contributed by atoms with Crippen LogP contribution in [-0.2, 0) is 16.1 Å². The number of halogens is 1. The van der Waals surface area contributed by atoms with E-state index < -0.39 is 0 Å². The van der Waals surface area contributed by atoms with Gasteiger partial charge in [0.1, 0.15) is 0 Å². The molecule has 0 heterocycles. The van der Waals surface area contributed by atoms with E-state index in [9.17, 15) is 0 Å². The van der Waals surface area contributed by atoms with Crippen LogP contribution in [0.2, 0.25) is 5.02 Å². The second kappa shape index (κ2) is 6.82. The molecule has 78 valence electrons. The third kappa shape index (κ3) is 4.61. The molecule has 0 saturated heterocycles. The van der Waals surface area contributed by atoms with Crippen LogP contribution in [0.3, 0.4) is 0 Å². The molecule has 1 aromatic carbocycles. The molecule has 0 saturated carbocycles. The van der Waals surface area contributed by atoms with Crippen LogP contribution in [-0.4, -0.2) is 19.8 Å². The molecule has 0 radical (unpaired) electrons. The SMILES string of the molecule is CCOCCOCc1ccc(Cl)cc1. The van der Waals surface area contributed by atoms with Crippen molar-refractivity contribution in [3.63, 3.8) is 0 Å². The van der Waals surface area contributed by atoms with Crippen molar-refractivity contribution in [2.24, 2.45) is 0 Å². The smallest absolute Gasteiger partial charge is 0.0718 e. The van der Waals surface area contributed by atoms with Gasteiger partial charge in [-0.3, -0.25) is 0 Å². The Bertz CT molecular complexity index is 246. The Morgan fingerprint density at radius 3 is 2.36 bits per heavy atom. The summed E-state index contributed by atoms with van der Waals surface area (Å²) in [5.41, 5.74) is 1.13. The molecule has 0 amide bonds. The van der Waals surface area contributed by atoms with Gasteiger partial charge in [-0.15, -0.1) is 0 Å². The van der Waals surface area contributed by atoms with Crippen LogP contribution in [0.15, 0.2) is 24.3 Å². The topological polar surface area (TPSA) is 18.5 Å². The highest BCUT2D eigenvalue weighted by atomic mass is 35.5. The largest absolute Gasteiger partial charge is 0.379 e. The van der Waals surface area contributed by atoms with Crippen molar-refractivity contribution < 1.29 is 9.47 Å². The Morgan fingerprint density at radius 1 is 1.07 bits per heavy atom. The van der Waals surface area contributed by atoms with Gasteiger partial charge in [0.15, 0.2) is 0 Å². The van der Waals surface area contributed by atoms with E-state index in [1.807, 2.05) is 31.2 Å². The van der Waals surface area contributed by atoms with Gasteiger partial charge in [0, 0.05) is 11.6 Å². The zero-order valence-electron chi connectivity index (χ0n) is 8.33. The highest BCUT2D eigenvalue weighted by Gasteiger charge is 1.93. The van der Waals surface area contributed by atoms with E-state index in [0.717, 1.165) is 17.2 Å². The maximum Gasteiger partial charge on any atom is 0.0718 e. The molecule has 0 aliphatic carbocycles. The van der Waals surface area contributed by atoms with Crippen LogP contribution in [0.5, 0.6) is 0 Å². The molecule has 0 atom stereocenters. The van der Waals surface area contributed by atoms with Crippen molar-refractivity contribution in [3.05, 3.63) is 34.9 Å². The third-order valence-electron chi connectivity index (χ3n) is 1.76. The lowest BCUT2D eigenvalue weighted by Crippen LogP contribution is -2.03. The van der Waals surface area contributed by atoms with Gasteiger partial charge < -0.3 is 9.47 Å². The minimum atomic E-state index is 0.615. The Balaban J connectivity index is 2.15. The van der Waals surface area contributed by atoms with Gasteiger partial charge in [-0.2, -0.15) is 0 Å². The summed E-state index contributed by atoms with van der Waals surface area (Å²) in [5, 5.41) is 0.753. The second-order valence-corrected chi connectivity index (χ2v) is 3.31. The summed E-state index contributed by atoms with van der Waals surface area (Å²) in [6.45, 7) is 4.62. The monoisotopic (exact) mass is 214 g/mol. The van der Waals surface area contributed by atoms with Crippen molar-refractivity contribution in [3.8, 4) is 0 Å². The molecular formula is C11H15ClO2. The normalized spacial score (nSPS) is 10.4. The summed E-state index contributed by atoms with van der Waals surface area (Å²) in [7, 11) is 0. The summed E-state index contributed by atoms with van der Waals surface area (Å²) in [4.78, 5) is 0. The molecule has 0 aliphatic heterocycles. The Labute approximate surface area is 89.8 Å². The number of ether oxygens (including phenoxy) is 2. The van der Waals surface area contributed by atoms with Gasteiger partial charge >= 0.3 is 0 Å². The van der Waals surface area contributed by atoms with Gasteiger partial charge in [0.25, 0.3) is 0 Å².